The number of carbonyl (C=O) groups is 1. The number of halogens is 1. The first-order valence-corrected chi connectivity index (χ1v) is 9.39. The van der Waals surface area contributed by atoms with Gasteiger partial charge in [0.2, 0.25) is 0 Å². The van der Waals surface area contributed by atoms with E-state index in [1.807, 2.05) is 60.5 Å². The quantitative estimate of drug-likeness (QED) is 0.708. The highest BCUT2D eigenvalue weighted by Gasteiger charge is 2.29. The lowest BCUT2D eigenvalue weighted by Crippen LogP contribution is -2.45. The van der Waals surface area contributed by atoms with Gasteiger partial charge in [0.05, 0.1) is 7.11 Å². The van der Waals surface area contributed by atoms with E-state index in [2.05, 4.69) is 0 Å². The van der Waals surface area contributed by atoms with E-state index in [-0.39, 0.29) is 6.03 Å². The minimum atomic E-state index is 0.0250. The first kappa shape index (κ1) is 18.6. The molecule has 0 unspecified atom stereocenters. The third kappa shape index (κ3) is 4.31. The molecule has 2 amide bonds. The third-order valence-corrected chi connectivity index (χ3v) is 5.28. The molecule has 0 radical (unpaired) electrons. The molecule has 2 aromatic carbocycles. The Morgan fingerprint density at radius 2 is 1.69 bits per heavy atom. The van der Waals surface area contributed by atoms with Crippen LogP contribution in [-0.4, -0.2) is 31.1 Å². The fourth-order valence-electron chi connectivity index (χ4n) is 3.46. The summed E-state index contributed by atoms with van der Waals surface area (Å²) in [5, 5.41) is 0.711. The van der Waals surface area contributed by atoms with Gasteiger partial charge in [-0.1, -0.05) is 36.6 Å². The van der Waals surface area contributed by atoms with Crippen molar-refractivity contribution < 1.29 is 9.53 Å². The van der Waals surface area contributed by atoms with Crippen LogP contribution in [0.3, 0.4) is 0 Å². The minimum absolute atomic E-state index is 0.0250. The summed E-state index contributed by atoms with van der Waals surface area (Å²) in [7, 11) is 3.46. The highest BCUT2D eigenvalue weighted by atomic mass is 35.5. The highest BCUT2D eigenvalue weighted by molar-refractivity contribution is 6.30. The predicted molar refractivity (Wildman–Crippen MR) is 106 cm³/mol. The smallest absolute Gasteiger partial charge is 0.324 e. The van der Waals surface area contributed by atoms with E-state index in [1.165, 1.54) is 12.8 Å². The van der Waals surface area contributed by atoms with Crippen molar-refractivity contribution in [2.24, 2.45) is 0 Å². The molecule has 0 spiro atoms. The number of carbonyl (C=O) groups excluding carboxylic acids is 1. The summed E-state index contributed by atoms with van der Waals surface area (Å²) in [4.78, 5) is 17.0. The van der Waals surface area contributed by atoms with Crippen LogP contribution in [0.2, 0.25) is 5.02 Å². The van der Waals surface area contributed by atoms with Gasteiger partial charge in [-0.15, -0.1) is 0 Å². The van der Waals surface area contributed by atoms with E-state index >= 15 is 0 Å². The van der Waals surface area contributed by atoms with Crippen molar-refractivity contribution in [1.29, 1.82) is 0 Å². The summed E-state index contributed by atoms with van der Waals surface area (Å²) in [6.07, 6.45) is 4.49. The third-order valence-electron chi connectivity index (χ3n) is 5.02. The van der Waals surface area contributed by atoms with Crippen LogP contribution in [0.1, 0.15) is 31.2 Å². The zero-order chi connectivity index (χ0) is 18.5. The molecule has 5 heteroatoms. The standard InChI is InChI=1S/C21H25ClN2O2/c1-23(18-11-13-20(26-2)14-12-18)21(25)24(19-5-3-4-6-19)15-16-7-9-17(22)10-8-16/h7-14,19H,3-6,15H2,1-2H3. The lowest BCUT2D eigenvalue weighted by molar-refractivity contribution is 0.179. The van der Waals surface area contributed by atoms with Gasteiger partial charge in [0.15, 0.2) is 0 Å². The van der Waals surface area contributed by atoms with Crippen LogP contribution in [0.25, 0.3) is 0 Å². The monoisotopic (exact) mass is 372 g/mol. The van der Waals surface area contributed by atoms with Crippen molar-refractivity contribution in [2.75, 3.05) is 19.1 Å². The topological polar surface area (TPSA) is 32.8 Å². The van der Waals surface area contributed by atoms with Crippen LogP contribution in [-0.2, 0) is 6.54 Å². The van der Waals surface area contributed by atoms with Gasteiger partial charge in [0.1, 0.15) is 5.75 Å². The molecule has 0 heterocycles. The molecule has 0 aromatic heterocycles. The van der Waals surface area contributed by atoms with E-state index in [0.717, 1.165) is 29.8 Å². The van der Waals surface area contributed by atoms with Gasteiger partial charge in [-0.2, -0.15) is 0 Å². The first-order chi connectivity index (χ1) is 12.6. The number of methoxy groups -OCH3 is 1. The average Bonchev–Trinajstić information content (AvgIpc) is 3.21. The van der Waals surface area contributed by atoms with Crippen LogP contribution in [0.4, 0.5) is 10.5 Å². The Balaban J connectivity index is 1.79. The number of anilines is 1. The molecule has 26 heavy (non-hydrogen) atoms. The molecule has 2 aromatic rings. The van der Waals surface area contributed by atoms with Gasteiger partial charge in [-0.3, -0.25) is 4.90 Å². The maximum Gasteiger partial charge on any atom is 0.324 e. The van der Waals surface area contributed by atoms with Gasteiger partial charge in [-0.25, -0.2) is 4.79 Å². The van der Waals surface area contributed by atoms with E-state index in [0.29, 0.717) is 17.6 Å². The summed E-state index contributed by atoms with van der Waals surface area (Å²) >= 11 is 5.99. The number of hydrogen-bond donors (Lipinski definition) is 0. The maximum absolute atomic E-state index is 13.3. The number of ether oxygens (including phenoxy) is 1. The van der Waals surface area contributed by atoms with E-state index in [1.54, 1.807) is 12.0 Å². The lowest BCUT2D eigenvalue weighted by Gasteiger charge is -2.33. The number of urea groups is 1. The molecule has 4 nitrogen and oxygen atoms in total. The molecule has 3 rings (SSSR count). The number of hydrogen-bond acceptors (Lipinski definition) is 2. The van der Waals surface area contributed by atoms with Crippen LogP contribution in [0.5, 0.6) is 5.75 Å². The normalized spacial score (nSPS) is 14.3. The van der Waals surface area contributed by atoms with Crippen molar-refractivity contribution >= 4 is 23.3 Å². The summed E-state index contributed by atoms with van der Waals surface area (Å²) in [5.74, 6) is 0.781. The van der Waals surface area contributed by atoms with Gasteiger partial charge < -0.3 is 9.64 Å². The van der Waals surface area contributed by atoms with Crippen LogP contribution >= 0.6 is 11.6 Å². The second kappa shape index (κ2) is 8.45. The van der Waals surface area contributed by atoms with Crippen LogP contribution in [0.15, 0.2) is 48.5 Å². The molecule has 0 N–H and O–H groups in total. The van der Waals surface area contributed by atoms with Crippen LogP contribution in [0, 0.1) is 0 Å². The minimum Gasteiger partial charge on any atom is -0.497 e. The van der Waals surface area contributed by atoms with Crippen molar-refractivity contribution in [2.45, 2.75) is 38.3 Å². The Hall–Kier alpha value is -2.20. The van der Waals surface area contributed by atoms with Crippen LogP contribution < -0.4 is 9.64 Å². The Morgan fingerprint density at radius 3 is 2.27 bits per heavy atom. The van der Waals surface area contributed by atoms with Crippen molar-refractivity contribution in [3.63, 3.8) is 0 Å². The zero-order valence-electron chi connectivity index (χ0n) is 15.3. The fraction of sp³-hybridized carbons (Fsp3) is 0.381. The number of rotatable bonds is 5. The fourth-order valence-corrected chi connectivity index (χ4v) is 3.59. The highest BCUT2D eigenvalue weighted by Crippen LogP contribution is 2.28. The van der Waals surface area contributed by atoms with E-state index in [4.69, 9.17) is 16.3 Å². The number of benzene rings is 2. The summed E-state index contributed by atoms with van der Waals surface area (Å²) in [5.41, 5.74) is 1.95. The molecule has 1 aliphatic rings. The maximum atomic E-state index is 13.3. The second-order valence-electron chi connectivity index (χ2n) is 6.73. The molecule has 0 atom stereocenters. The van der Waals surface area contributed by atoms with Crippen molar-refractivity contribution in [3.05, 3.63) is 59.1 Å². The van der Waals surface area contributed by atoms with Gasteiger partial charge in [0.25, 0.3) is 0 Å². The molecule has 0 bridgehead atoms. The second-order valence-corrected chi connectivity index (χ2v) is 7.17. The SMILES string of the molecule is COc1ccc(N(C)C(=O)N(Cc2ccc(Cl)cc2)C2CCCC2)cc1. The Kier molecular flexibility index (Phi) is 6.04. The molecule has 0 saturated heterocycles. The molecular weight excluding hydrogens is 348 g/mol. The molecule has 1 aliphatic carbocycles. The largest absolute Gasteiger partial charge is 0.497 e. The first-order valence-electron chi connectivity index (χ1n) is 9.01. The molecule has 1 saturated carbocycles. The average molecular weight is 373 g/mol. The van der Waals surface area contributed by atoms with Crippen molar-refractivity contribution in [1.82, 2.24) is 4.90 Å². The van der Waals surface area contributed by atoms with Gasteiger partial charge in [0, 0.05) is 30.3 Å². The zero-order valence-corrected chi connectivity index (χ0v) is 16.1. The molecule has 138 valence electrons. The van der Waals surface area contributed by atoms with Gasteiger partial charge >= 0.3 is 6.03 Å². The number of nitrogens with zero attached hydrogens (tertiary/aromatic N) is 2. The molecule has 0 aliphatic heterocycles. The number of amides is 2. The van der Waals surface area contributed by atoms with Gasteiger partial charge in [-0.05, 0) is 54.8 Å². The molecular formula is C21H25ClN2O2. The Labute approximate surface area is 160 Å². The summed E-state index contributed by atoms with van der Waals surface area (Å²) < 4.78 is 5.20. The summed E-state index contributed by atoms with van der Waals surface area (Å²) in [6.45, 7) is 0.598. The predicted octanol–water partition coefficient (Wildman–Crippen LogP) is 5.35. The summed E-state index contributed by atoms with van der Waals surface area (Å²) in [6, 6.07) is 15.6. The lowest BCUT2D eigenvalue weighted by atomic mass is 10.1. The van der Waals surface area contributed by atoms with E-state index < -0.39 is 0 Å². The van der Waals surface area contributed by atoms with Crippen molar-refractivity contribution in [3.8, 4) is 5.75 Å². The molecule has 1 fully saturated rings. The Bertz CT molecular complexity index is 725. The van der Waals surface area contributed by atoms with E-state index in [9.17, 15) is 4.79 Å². The Morgan fingerprint density at radius 1 is 1.08 bits per heavy atom.